The molecule has 0 aliphatic heterocycles. The summed E-state index contributed by atoms with van der Waals surface area (Å²) in [5, 5.41) is 0. The van der Waals surface area contributed by atoms with Crippen molar-refractivity contribution in [2.45, 2.75) is 13.3 Å². The summed E-state index contributed by atoms with van der Waals surface area (Å²) < 4.78 is 1.08. The van der Waals surface area contributed by atoms with Crippen LogP contribution in [-0.4, -0.2) is 0 Å². The lowest BCUT2D eigenvalue weighted by Crippen LogP contribution is -1.56. The molecule has 0 rings (SSSR count). The number of hydrogen-bond acceptors (Lipinski definition) is 0. The third-order valence-electron chi connectivity index (χ3n) is 0.594. The van der Waals surface area contributed by atoms with E-state index in [0.717, 1.165) is 10.9 Å². The topological polar surface area (TPSA) is 0 Å². The Kier molecular flexibility index (Phi) is 4.10. The first kappa shape index (κ1) is 6.96. The minimum absolute atomic E-state index is 1.06. The minimum Gasteiger partial charge on any atom is -0.0980 e. The Morgan fingerprint density at radius 3 is 2.57 bits per heavy atom. The second-order valence-corrected chi connectivity index (χ2v) is 2.12. The molecule has 0 saturated heterocycles. The molecule has 0 N–H and O–H groups in total. The number of rotatable bonds is 2. The van der Waals surface area contributed by atoms with Gasteiger partial charge in [0.1, 0.15) is 0 Å². The lowest BCUT2D eigenvalue weighted by molar-refractivity contribution is 1.22. The molecule has 0 fully saturated rings. The van der Waals surface area contributed by atoms with Crippen LogP contribution in [-0.2, 0) is 0 Å². The summed E-state index contributed by atoms with van der Waals surface area (Å²) in [6, 6.07) is 0. The van der Waals surface area contributed by atoms with Gasteiger partial charge in [-0.05, 0) is 6.42 Å². The second kappa shape index (κ2) is 4.13. The van der Waals surface area contributed by atoms with E-state index < -0.39 is 0 Å². The second-order valence-electron chi connectivity index (χ2n) is 1.20. The molecule has 0 aromatic rings. The zero-order valence-electron chi connectivity index (χ0n) is 4.45. The van der Waals surface area contributed by atoms with Gasteiger partial charge < -0.3 is 0 Å². The van der Waals surface area contributed by atoms with Crippen molar-refractivity contribution in [1.29, 1.82) is 0 Å². The molecular weight excluding hydrogens is 152 g/mol. The largest absolute Gasteiger partial charge is 0.0980 e. The fourth-order valence-electron chi connectivity index (χ4n) is 0.278. The Labute approximate surface area is 53.1 Å². The first-order chi connectivity index (χ1) is 3.31. The Bertz CT molecular complexity index is 82.2. The van der Waals surface area contributed by atoms with Gasteiger partial charge in [0.15, 0.2) is 0 Å². The maximum Gasteiger partial charge on any atom is 0.0129 e. The number of allylic oxidation sites excluding steroid dienone is 3. The van der Waals surface area contributed by atoms with Crippen LogP contribution in [0.2, 0.25) is 0 Å². The minimum atomic E-state index is 1.06. The van der Waals surface area contributed by atoms with Crippen molar-refractivity contribution in [1.82, 2.24) is 0 Å². The molecule has 0 unspecified atom stereocenters. The van der Waals surface area contributed by atoms with E-state index in [1.807, 2.05) is 0 Å². The van der Waals surface area contributed by atoms with Crippen LogP contribution in [0.3, 0.4) is 0 Å². The van der Waals surface area contributed by atoms with Gasteiger partial charge >= 0.3 is 0 Å². The summed E-state index contributed by atoms with van der Waals surface area (Å²) >= 11 is 3.28. The van der Waals surface area contributed by atoms with E-state index in [1.165, 1.54) is 0 Å². The Morgan fingerprint density at radius 1 is 1.86 bits per heavy atom. The van der Waals surface area contributed by atoms with E-state index in [2.05, 4.69) is 35.5 Å². The van der Waals surface area contributed by atoms with Crippen molar-refractivity contribution in [3.63, 3.8) is 0 Å². The molecule has 0 aliphatic carbocycles. The normalized spacial score (nSPS) is 11.4. The molecule has 1 heteroatoms. The molecule has 0 aromatic carbocycles. The van der Waals surface area contributed by atoms with Crippen molar-refractivity contribution in [3.8, 4) is 0 Å². The van der Waals surface area contributed by atoms with E-state index in [1.54, 1.807) is 6.08 Å². The molecule has 0 heterocycles. The fraction of sp³-hybridized carbons (Fsp3) is 0.333. The van der Waals surface area contributed by atoms with E-state index in [-0.39, 0.29) is 0 Å². The first-order valence-electron chi connectivity index (χ1n) is 2.29. The predicted molar refractivity (Wildman–Crippen MR) is 37.5 cm³/mol. The number of hydrogen-bond donors (Lipinski definition) is 0. The summed E-state index contributed by atoms with van der Waals surface area (Å²) in [5.41, 5.74) is 0. The van der Waals surface area contributed by atoms with Crippen molar-refractivity contribution >= 4 is 15.9 Å². The summed E-state index contributed by atoms with van der Waals surface area (Å²) in [6.07, 6.45) is 4.91. The molecule has 40 valence electrons. The van der Waals surface area contributed by atoms with Crippen LogP contribution in [0.5, 0.6) is 0 Å². The quantitative estimate of drug-likeness (QED) is 0.546. The standard InChI is InChI=1S/C6H9Br/c1-3-5-6(7)4-2/h4-5H,2-3H2,1H3/b6-5-. The predicted octanol–water partition coefficient (Wildman–Crippen LogP) is 2.86. The van der Waals surface area contributed by atoms with Gasteiger partial charge in [-0.2, -0.15) is 0 Å². The Balaban J connectivity index is 3.49. The Morgan fingerprint density at radius 2 is 2.43 bits per heavy atom. The van der Waals surface area contributed by atoms with Crippen molar-refractivity contribution in [3.05, 3.63) is 23.2 Å². The SMILES string of the molecule is C=C/C(Br)=C/CC. The summed E-state index contributed by atoms with van der Waals surface area (Å²) in [7, 11) is 0. The third-order valence-corrected chi connectivity index (χ3v) is 1.24. The van der Waals surface area contributed by atoms with Crippen LogP contribution >= 0.6 is 15.9 Å². The van der Waals surface area contributed by atoms with Gasteiger partial charge in [0.2, 0.25) is 0 Å². The van der Waals surface area contributed by atoms with Crippen molar-refractivity contribution in [2.24, 2.45) is 0 Å². The molecule has 7 heavy (non-hydrogen) atoms. The molecule has 0 atom stereocenters. The van der Waals surface area contributed by atoms with Gasteiger partial charge in [-0.1, -0.05) is 41.6 Å². The summed E-state index contributed by atoms with van der Waals surface area (Å²) in [5.74, 6) is 0. The highest BCUT2D eigenvalue weighted by Crippen LogP contribution is 2.04. The maximum absolute atomic E-state index is 3.56. The van der Waals surface area contributed by atoms with Crippen molar-refractivity contribution in [2.75, 3.05) is 0 Å². The lowest BCUT2D eigenvalue weighted by Gasteiger charge is -1.80. The lowest BCUT2D eigenvalue weighted by atomic mass is 10.4. The van der Waals surface area contributed by atoms with E-state index in [0.29, 0.717) is 0 Å². The first-order valence-corrected chi connectivity index (χ1v) is 3.08. The molecule has 0 aromatic heterocycles. The van der Waals surface area contributed by atoms with Crippen LogP contribution in [0.25, 0.3) is 0 Å². The molecule has 0 amide bonds. The van der Waals surface area contributed by atoms with Gasteiger partial charge in [-0.3, -0.25) is 0 Å². The summed E-state index contributed by atoms with van der Waals surface area (Å²) in [6.45, 7) is 5.65. The van der Waals surface area contributed by atoms with Gasteiger partial charge in [0.25, 0.3) is 0 Å². The highest BCUT2D eigenvalue weighted by atomic mass is 79.9. The van der Waals surface area contributed by atoms with Crippen molar-refractivity contribution < 1.29 is 0 Å². The molecule has 0 aliphatic rings. The molecule has 0 saturated carbocycles. The van der Waals surface area contributed by atoms with Crippen LogP contribution < -0.4 is 0 Å². The highest BCUT2D eigenvalue weighted by molar-refractivity contribution is 9.11. The van der Waals surface area contributed by atoms with Gasteiger partial charge in [-0.25, -0.2) is 0 Å². The average Bonchev–Trinajstić information content (AvgIpc) is 1.68. The van der Waals surface area contributed by atoms with Gasteiger partial charge in [0, 0.05) is 4.48 Å². The molecule has 0 nitrogen and oxygen atoms in total. The Hall–Kier alpha value is -0.0400. The zero-order valence-corrected chi connectivity index (χ0v) is 6.03. The van der Waals surface area contributed by atoms with Crippen LogP contribution in [0.1, 0.15) is 13.3 Å². The zero-order chi connectivity index (χ0) is 5.70. The van der Waals surface area contributed by atoms with E-state index >= 15 is 0 Å². The van der Waals surface area contributed by atoms with Gasteiger partial charge in [0.05, 0.1) is 0 Å². The smallest absolute Gasteiger partial charge is 0.0129 e. The molecule has 0 bridgehead atoms. The number of halogens is 1. The highest BCUT2D eigenvalue weighted by Gasteiger charge is 1.74. The molecule has 0 radical (unpaired) electrons. The van der Waals surface area contributed by atoms with E-state index in [4.69, 9.17) is 0 Å². The average molecular weight is 161 g/mol. The maximum atomic E-state index is 3.56. The molecular formula is C6H9Br. The monoisotopic (exact) mass is 160 g/mol. The van der Waals surface area contributed by atoms with Crippen LogP contribution in [0.4, 0.5) is 0 Å². The third kappa shape index (κ3) is 3.80. The van der Waals surface area contributed by atoms with Crippen LogP contribution in [0.15, 0.2) is 23.2 Å². The summed E-state index contributed by atoms with van der Waals surface area (Å²) in [4.78, 5) is 0. The van der Waals surface area contributed by atoms with Gasteiger partial charge in [-0.15, -0.1) is 0 Å². The van der Waals surface area contributed by atoms with Crippen LogP contribution in [0, 0.1) is 0 Å². The fourth-order valence-corrected chi connectivity index (χ4v) is 0.602. The van der Waals surface area contributed by atoms with E-state index in [9.17, 15) is 0 Å². The molecule has 0 spiro atoms.